The molecule has 2 N–H and O–H groups in total. The molecule has 204 valence electrons. The summed E-state index contributed by atoms with van der Waals surface area (Å²) in [5.74, 6) is 0.854. The highest BCUT2D eigenvalue weighted by Crippen LogP contribution is 2.44. The Balaban J connectivity index is 1.55. The van der Waals surface area contributed by atoms with Crippen LogP contribution in [0.4, 0.5) is 0 Å². The summed E-state index contributed by atoms with van der Waals surface area (Å²) in [5, 5.41) is 10.9. The minimum atomic E-state index is -1.27. The molecular formula is C30H32BrN3O5. The zero-order chi connectivity index (χ0) is 27.1. The number of aliphatic hydroxyl groups is 1. The largest absolute Gasteiger partial charge is 0.494 e. The molecule has 2 heterocycles. The van der Waals surface area contributed by atoms with Gasteiger partial charge < -0.3 is 19.3 Å². The maximum atomic E-state index is 14.3. The van der Waals surface area contributed by atoms with Gasteiger partial charge in [-0.25, -0.2) is 10.0 Å². The predicted molar refractivity (Wildman–Crippen MR) is 152 cm³/mol. The molecule has 9 heteroatoms. The number of hydrogen-bond acceptors (Lipinski definition) is 7. The van der Waals surface area contributed by atoms with Crippen molar-refractivity contribution in [3.63, 3.8) is 0 Å². The molecule has 39 heavy (non-hydrogen) atoms. The molecule has 0 radical (unpaired) electrons. The summed E-state index contributed by atoms with van der Waals surface area (Å²) in [6.07, 6.45) is 0.234. The molecule has 0 saturated carbocycles. The number of amides is 1. The molecule has 3 aromatic rings. The molecule has 0 spiro atoms. The van der Waals surface area contributed by atoms with Gasteiger partial charge in [-0.2, -0.15) is 0 Å². The quantitative estimate of drug-likeness (QED) is 0.344. The Morgan fingerprint density at radius 1 is 1.05 bits per heavy atom. The fraction of sp³-hybridized carbons (Fsp3) is 0.333. The average Bonchev–Trinajstić information content (AvgIpc) is 3.35. The lowest BCUT2D eigenvalue weighted by molar-refractivity contribution is -0.136. The maximum absolute atomic E-state index is 14.3. The Bertz CT molecular complexity index is 1280. The van der Waals surface area contributed by atoms with Gasteiger partial charge in [-0.3, -0.25) is 10.2 Å². The van der Waals surface area contributed by atoms with E-state index in [1.54, 1.807) is 0 Å². The summed E-state index contributed by atoms with van der Waals surface area (Å²) in [6.45, 7) is 2.81. The second-order valence-electron chi connectivity index (χ2n) is 9.51. The van der Waals surface area contributed by atoms with E-state index in [2.05, 4.69) is 21.4 Å². The van der Waals surface area contributed by atoms with Crippen LogP contribution in [0.25, 0.3) is 0 Å². The highest BCUT2D eigenvalue weighted by molar-refractivity contribution is 9.10. The van der Waals surface area contributed by atoms with E-state index < -0.39 is 11.6 Å². The van der Waals surface area contributed by atoms with Crippen LogP contribution in [0.1, 0.15) is 29.2 Å². The van der Waals surface area contributed by atoms with Gasteiger partial charge in [0.2, 0.25) is 5.90 Å². The number of aliphatic hydroxyl groups excluding tert-OH is 1. The summed E-state index contributed by atoms with van der Waals surface area (Å²) >= 11 is 3.68. The maximum Gasteiger partial charge on any atom is 0.266 e. The molecule has 1 fully saturated rings. The van der Waals surface area contributed by atoms with Crippen molar-refractivity contribution in [2.45, 2.75) is 24.5 Å². The van der Waals surface area contributed by atoms with Crippen LogP contribution in [0.2, 0.25) is 0 Å². The molecule has 1 amide bonds. The molecule has 0 aliphatic carbocycles. The Morgan fingerprint density at radius 3 is 2.49 bits per heavy atom. The van der Waals surface area contributed by atoms with Crippen LogP contribution in [0, 0.1) is 0 Å². The van der Waals surface area contributed by atoms with Crippen molar-refractivity contribution < 1.29 is 24.1 Å². The van der Waals surface area contributed by atoms with E-state index in [4.69, 9.17) is 24.3 Å². The number of rotatable bonds is 10. The normalized spacial score (nSPS) is 21.2. The van der Waals surface area contributed by atoms with Crippen LogP contribution in [0.5, 0.6) is 5.75 Å². The predicted octanol–water partition coefficient (Wildman–Crippen LogP) is 4.07. The third kappa shape index (κ3) is 6.33. The molecule has 5 rings (SSSR count). The Kier molecular flexibility index (Phi) is 8.93. The van der Waals surface area contributed by atoms with E-state index in [1.165, 1.54) is 0 Å². The standard InChI is InChI=1S/C30H32BrN3O5/c31-26-10-5-4-9-25(26)27-30(21-22-7-2-1-3-8-22,29(36)33-34-15-19-37-20-16-34)32-28(39-27)23-11-13-24(14-12-23)38-18-6-17-35/h1-5,7-14,27,35H,6,15-21H2,(H,33,36)/t27-,30-/m0/s1. The zero-order valence-electron chi connectivity index (χ0n) is 21.6. The number of aliphatic imine (C=N–C) groups is 1. The van der Waals surface area contributed by atoms with Crippen molar-refractivity contribution in [3.8, 4) is 5.75 Å². The van der Waals surface area contributed by atoms with Crippen molar-refractivity contribution in [1.29, 1.82) is 0 Å². The van der Waals surface area contributed by atoms with E-state index in [1.807, 2.05) is 83.9 Å². The molecule has 2 aliphatic heterocycles. The van der Waals surface area contributed by atoms with Crippen LogP contribution in [-0.4, -0.2) is 67.0 Å². The molecule has 8 nitrogen and oxygen atoms in total. The Labute approximate surface area is 236 Å². The van der Waals surface area contributed by atoms with Gasteiger partial charge in [-0.15, -0.1) is 0 Å². The minimum Gasteiger partial charge on any atom is -0.494 e. The molecule has 3 aromatic carbocycles. The van der Waals surface area contributed by atoms with Gasteiger partial charge in [0, 0.05) is 48.1 Å². The lowest BCUT2D eigenvalue weighted by Gasteiger charge is -2.35. The number of carbonyl (C=O) groups excluding carboxylic acids is 1. The van der Waals surface area contributed by atoms with E-state index >= 15 is 0 Å². The van der Waals surface area contributed by atoms with Crippen molar-refractivity contribution in [2.24, 2.45) is 4.99 Å². The van der Waals surface area contributed by atoms with E-state index in [9.17, 15) is 4.79 Å². The Morgan fingerprint density at radius 2 is 1.77 bits per heavy atom. The molecule has 0 bridgehead atoms. The van der Waals surface area contributed by atoms with E-state index in [-0.39, 0.29) is 12.5 Å². The number of halogens is 1. The Hall–Kier alpha value is -3.24. The van der Waals surface area contributed by atoms with Crippen LogP contribution < -0.4 is 10.2 Å². The number of nitrogens with one attached hydrogen (secondary N) is 1. The number of benzene rings is 3. The SMILES string of the molecule is O=C(NN1CCOCC1)[C@@]1(Cc2ccccc2)N=C(c2ccc(OCCCO)cc2)O[C@H]1c1ccccc1Br. The third-order valence-electron chi connectivity index (χ3n) is 6.80. The topological polar surface area (TPSA) is 92.6 Å². The number of nitrogens with zero attached hydrogens (tertiary/aromatic N) is 2. The van der Waals surface area contributed by atoms with Crippen molar-refractivity contribution >= 4 is 27.7 Å². The monoisotopic (exact) mass is 593 g/mol. The molecule has 2 atom stereocenters. The second-order valence-corrected chi connectivity index (χ2v) is 10.4. The lowest BCUT2D eigenvalue weighted by atomic mass is 9.82. The first-order valence-corrected chi connectivity index (χ1v) is 13.9. The number of hydrazine groups is 1. The van der Waals surface area contributed by atoms with Gasteiger partial charge in [-0.05, 0) is 35.9 Å². The van der Waals surface area contributed by atoms with Gasteiger partial charge in [0.15, 0.2) is 11.6 Å². The first kappa shape index (κ1) is 27.3. The summed E-state index contributed by atoms with van der Waals surface area (Å²) in [5.41, 5.74) is 4.42. The van der Waals surface area contributed by atoms with Gasteiger partial charge in [-0.1, -0.05) is 64.5 Å². The number of morpholine rings is 1. The van der Waals surface area contributed by atoms with Crippen molar-refractivity contribution in [1.82, 2.24) is 10.4 Å². The highest BCUT2D eigenvalue weighted by Gasteiger charge is 2.54. The van der Waals surface area contributed by atoms with Crippen molar-refractivity contribution in [3.05, 3.63) is 100 Å². The summed E-state index contributed by atoms with van der Waals surface area (Å²) in [4.78, 5) is 19.4. The number of ether oxygens (including phenoxy) is 3. The van der Waals surface area contributed by atoms with E-state index in [0.717, 1.165) is 21.2 Å². The highest BCUT2D eigenvalue weighted by atomic mass is 79.9. The fourth-order valence-corrected chi connectivity index (χ4v) is 5.26. The van der Waals surface area contributed by atoms with Gasteiger partial charge in [0.05, 0.1) is 19.8 Å². The van der Waals surface area contributed by atoms with Crippen molar-refractivity contribution in [2.75, 3.05) is 39.5 Å². The van der Waals surface area contributed by atoms with Gasteiger partial charge in [0.1, 0.15) is 5.75 Å². The van der Waals surface area contributed by atoms with Gasteiger partial charge >= 0.3 is 0 Å². The van der Waals surface area contributed by atoms with E-state index in [0.29, 0.717) is 57.4 Å². The number of carbonyl (C=O) groups is 1. The first-order valence-electron chi connectivity index (χ1n) is 13.1. The average molecular weight is 595 g/mol. The molecule has 0 unspecified atom stereocenters. The molecular weight excluding hydrogens is 562 g/mol. The molecule has 2 aliphatic rings. The number of hydrogen-bond donors (Lipinski definition) is 2. The van der Waals surface area contributed by atoms with Crippen LogP contribution in [0.15, 0.2) is 88.3 Å². The third-order valence-corrected chi connectivity index (χ3v) is 7.53. The summed E-state index contributed by atoms with van der Waals surface area (Å²) in [7, 11) is 0. The van der Waals surface area contributed by atoms with Crippen LogP contribution in [0.3, 0.4) is 0 Å². The van der Waals surface area contributed by atoms with Gasteiger partial charge in [0.25, 0.3) is 5.91 Å². The van der Waals surface area contributed by atoms with Crippen LogP contribution >= 0.6 is 15.9 Å². The first-order chi connectivity index (χ1) is 19.1. The lowest BCUT2D eigenvalue weighted by Crippen LogP contribution is -2.57. The summed E-state index contributed by atoms with van der Waals surface area (Å²) in [6, 6.07) is 25.1. The van der Waals surface area contributed by atoms with Crippen LogP contribution in [-0.2, 0) is 20.7 Å². The molecule has 0 aromatic heterocycles. The smallest absolute Gasteiger partial charge is 0.266 e. The summed E-state index contributed by atoms with van der Waals surface area (Å²) < 4.78 is 18.6. The zero-order valence-corrected chi connectivity index (χ0v) is 23.2. The second kappa shape index (κ2) is 12.7. The fourth-order valence-electron chi connectivity index (χ4n) is 4.77. The minimum absolute atomic E-state index is 0.0785. The molecule has 1 saturated heterocycles.